The fraction of sp³-hybridized carbons (Fsp3) is 0. The number of aromatic nitrogens is 2. The Labute approximate surface area is 240 Å². The molecule has 0 amide bonds. The minimum atomic E-state index is 0.589. The first kappa shape index (κ1) is 23.0. The summed E-state index contributed by atoms with van der Waals surface area (Å²) in [5, 5.41) is 6.52. The molecule has 0 unspecified atom stereocenters. The Morgan fingerprint density at radius 2 is 1.07 bits per heavy atom. The van der Waals surface area contributed by atoms with E-state index in [4.69, 9.17) is 18.8 Å². The predicted molar refractivity (Wildman–Crippen MR) is 170 cm³/mol. The van der Waals surface area contributed by atoms with Crippen LogP contribution < -0.4 is 0 Å². The van der Waals surface area contributed by atoms with E-state index < -0.39 is 0 Å². The highest BCUT2D eigenvalue weighted by atomic mass is 16.3. The maximum atomic E-state index is 6.65. The second kappa shape index (κ2) is 8.88. The fourth-order valence-corrected chi connectivity index (χ4v) is 6.16. The van der Waals surface area contributed by atoms with Gasteiger partial charge in [0.2, 0.25) is 0 Å². The van der Waals surface area contributed by atoms with E-state index in [0.29, 0.717) is 5.82 Å². The van der Waals surface area contributed by atoms with Crippen molar-refractivity contribution < 1.29 is 8.83 Å². The number of nitrogens with zero attached hydrogens (tertiary/aromatic N) is 2. The molecule has 0 atom stereocenters. The van der Waals surface area contributed by atoms with Gasteiger partial charge in [0.05, 0.1) is 17.0 Å². The standard InChI is InChI=1S/C38H22N2O2/c1-3-12-24(13-4-1)29-22-30(25-14-5-2-6-15-25)40-38(39-29)28-21-33-36(35-27-17-9-10-18-31(27)42-37(28)35)34-26-16-8-7-11-23(26)19-20-32(34)41-33/h1-22H. The van der Waals surface area contributed by atoms with Crippen molar-refractivity contribution in [3.63, 3.8) is 0 Å². The first-order chi connectivity index (χ1) is 20.8. The Morgan fingerprint density at radius 1 is 0.429 bits per heavy atom. The van der Waals surface area contributed by atoms with E-state index in [1.807, 2.05) is 54.6 Å². The molecule has 0 radical (unpaired) electrons. The topological polar surface area (TPSA) is 52.1 Å². The van der Waals surface area contributed by atoms with Crippen LogP contribution in [0, 0.1) is 0 Å². The maximum Gasteiger partial charge on any atom is 0.164 e. The van der Waals surface area contributed by atoms with Crippen molar-refractivity contribution in [1.29, 1.82) is 0 Å². The van der Waals surface area contributed by atoms with Crippen LogP contribution in [0.25, 0.3) is 88.6 Å². The highest BCUT2D eigenvalue weighted by Gasteiger charge is 2.23. The lowest BCUT2D eigenvalue weighted by Gasteiger charge is -2.10. The predicted octanol–water partition coefficient (Wildman–Crippen LogP) is 10.4. The Kier molecular flexibility index (Phi) is 4.87. The highest BCUT2D eigenvalue weighted by Crippen LogP contribution is 2.46. The molecule has 3 aromatic heterocycles. The zero-order chi connectivity index (χ0) is 27.6. The second-order valence-corrected chi connectivity index (χ2v) is 10.6. The molecule has 0 aliphatic rings. The molecule has 9 aromatic rings. The number of furan rings is 2. The number of hydrogen-bond donors (Lipinski definition) is 0. The summed E-state index contributed by atoms with van der Waals surface area (Å²) >= 11 is 0. The Morgan fingerprint density at radius 3 is 1.81 bits per heavy atom. The maximum absolute atomic E-state index is 6.65. The lowest BCUT2D eigenvalue weighted by atomic mass is 9.98. The van der Waals surface area contributed by atoms with Crippen molar-refractivity contribution in [2.45, 2.75) is 0 Å². The Balaban J connectivity index is 1.43. The molecule has 0 N–H and O–H groups in total. The monoisotopic (exact) mass is 538 g/mol. The van der Waals surface area contributed by atoms with Crippen molar-refractivity contribution in [2.24, 2.45) is 0 Å². The molecule has 4 heteroatoms. The minimum absolute atomic E-state index is 0.589. The molecular formula is C38H22N2O2. The summed E-state index contributed by atoms with van der Waals surface area (Å²) in [5.74, 6) is 0.589. The quantitative estimate of drug-likeness (QED) is 0.224. The van der Waals surface area contributed by atoms with E-state index in [1.165, 1.54) is 5.39 Å². The summed E-state index contributed by atoms with van der Waals surface area (Å²) < 4.78 is 13.2. The second-order valence-electron chi connectivity index (χ2n) is 10.6. The number of para-hydroxylation sites is 1. The smallest absolute Gasteiger partial charge is 0.164 e. The molecular weight excluding hydrogens is 516 g/mol. The zero-order valence-electron chi connectivity index (χ0n) is 22.4. The first-order valence-corrected chi connectivity index (χ1v) is 14.0. The van der Waals surface area contributed by atoms with E-state index in [1.54, 1.807) is 0 Å². The summed E-state index contributed by atoms with van der Waals surface area (Å²) in [4.78, 5) is 10.2. The normalized spacial score (nSPS) is 11.8. The summed E-state index contributed by atoms with van der Waals surface area (Å²) in [7, 11) is 0. The van der Waals surface area contributed by atoms with Crippen LogP contribution in [0.15, 0.2) is 142 Å². The van der Waals surface area contributed by atoms with Gasteiger partial charge in [-0.3, -0.25) is 0 Å². The number of hydrogen-bond acceptors (Lipinski definition) is 4. The number of rotatable bonds is 3. The van der Waals surface area contributed by atoms with Crippen molar-refractivity contribution in [1.82, 2.24) is 9.97 Å². The van der Waals surface area contributed by atoms with Crippen molar-refractivity contribution in [3.8, 4) is 33.9 Å². The zero-order valence-corrected chi connectivity index (χ0v) is 22.4. The van der Waals surface area contributed by atoms with Crippen LogP contribution in [0.5, 0.6) is 0 Å². The average Bonchev–Trinajstić information content (AvgIpc) is 3.63. The van der Waals surface area contributed by atoms with E-state index in [9.17, 15) is 0 Å². The van der Waals surface area contributed by atoms with Crippen LogP contribution in [-0.2, 0) is 0 Å². The highest BCUT2D eigenvalue weighted by molar-refractivity contribution is 6.32. The van der Waals surface area contributed by atoms with Gasteiger partial charge in [0.1, 0.15) is 22.3 Å². The van der Waals surface area contributed by atoms with E-state index in [-0.39, 0.29) is 0 Å². The SMILES string of the molecule is c1ccc(-c2cc(-c3ccccc3)nc(-c3cc4oc5ccc6ccccc6c5c4c4c3oc3ccccc34)n2)cc1. The molecule has 3 heterocycles. The summed E-state index contributed by atoms with van der Waals surface area (Å²) in [6.07, 6.45) is 0. The lowest BCUT2D eigenvalue weighted by molar-refractivity contribution is 0.663. The van der Waals surface area contributed by atoms with E-state index >= 15 is 0 Å². The Hall–Kier alpha value is -5.74. The van der Waals surface area contributed by atoms with Gasteiger partial charge < -0.3 is 8.83 Å². The number of benzene rings is 6. The third kappa shape index (κ3) is 3.42. The van der Waals surface area contributed by atoms with Gasteiger partial charge in [0.25, 0.3) is 0 Å². The molecule has 0 saturated carbocycles. The molecule has 42 heavy (non-hydrogen) atoms. The molecule has 0 fully saturated rings. The summed E-state index contributed by atoms with van der Waals surface area (Å²) in [5.41, 5.74) is 7.74. The van der Waals surface area contributed by atoms with Gasteiger partial charge in [-0.05, 0) is 35.0 Å². The summed E-state index contributed by atoms with van der Waals surface area (Å²) in [6, 6.07) is 45.4. The third-order valence-electron chi connectivity index (χ3n) is 8.08. The minimum Gasteiger partial charge on any atom is -0.456 e. The van der Waals surface area contributed by atoms with Crippen LogP contribution in [0.3, 0.4) is 0 Å². The van der Waals surface area contributed by atoms with Crippen molar-refractivity contribution in [3.05, 3.63) is 133 Å². The van der Waals surface area contributed by atoms with Crippen LogP contribution >= 0.6 is 0 Å². The molecule has 0 aliphatic heterocycles. The van der Waals surface area contributed by atoms with Crippen LogP contribution in [0.2, 0.25) is 0 Å². The van der Waals surface area contributed by atoms with Crippen LogP contribution in [0.1, 0.15) is 0 Å². The molecule has 0 spiro atoms. The third-order valence-corrected chi connectivity index (χ3v) is 8.08. The largest absolute Gasteiger partial charge is 0.456 e. The summed E-state index contributed by atoms with van der Waals surface area (Å²) in [6.45, 7) is 0. The fourth-order valence-electron chi connectivity index (χ4n) is 6.16. The van der Waals surface area contributed by atoms with Gasteiger partial charge in [0, 0.05) is 32.7 Å². The van der Waals surface area contributed by atoms with Crippen LogP contribution in [0.4, 0.5) is 0 Å². The molecule has 0 bridgehead atoms. The molecule has 0 aliphatic carbocycles. The Bertz CT molecular complexity index is 2400. The molecule has 6 aromatic carbocycles. The van der Waals surface area contributed by atoms with Gasteiger partial charge in [-0.25, -0.2) is 9.97 Å². The van der Waals surface area contributed by atoms with Gasteiger partial charge in [-0.2, -0.15) is 0 Å². The van der Waals surface area contributed by atoms with E-state index in [2.05, 4.69) is 78.9 Å². The average molecular weight is 539 g/mol. The van der Waals surface area contributed by atoms with E-state index in [0.717, 1.165) is 77.3 Å². The number of fused-ring (bicyclic) bond motifs is 9. The van der Waals surface area contributed by atoms with Gasteiger partial charge in [0.15, 0.2) is 5.82 Å². The first-order valence-electron chi connectivity index (χ1n) is 14.0. The lowest BCUT2D eigenvalue weighted by Crippen LogP contribution is -1.96. The van der Waals surface area contributed by atoms with Crippen molar-refractivity contribution in [2.75, 3.05) is 0 Å². The molecule has 9 rings (SSSR count). The van der Waals surface area contributed by atoms with Crippen LogP contribution in [-0.4, -0.2) is 9.97 Å². The van der Waals surface area contributed by atoms with Crippen molar-refractivity contribution >= 4 is 54.6 Å². The van der Waals surface area contributed by atoms with Gasteiger partial charge in [-0.15, -0.1) is 0 Å². The molecule has 196 valence electrons. The van der Waals surface area contributed by atoms with Gasteiger partial charge >= 0.3 is 0 Å². The molecule has 4 nitrogen and oxygen atoms in total. The molecule has 0 saturated heterocycles. The van der Waals surface area contributed by atoms with Gasteiger partial charge in [-0.1, -0.05) is 109 Å².